The Labute approximate surface area is 142 Å². The van der Waals surface area contributed by atoms with Crippen LogP contribution in [0.5, 0.6) is 0 Å². The Morgan fingerprint density at radius 3 is 2.75 bits per heavy atom. The normalized spacial score (nSPS) is 11.6. The smallest absolute Gasteiger partial charge is 0.318 e. The van der Waals surface area contributed by atoms with Crippen LogP contribution in [0, 0.1) is 0 Å². The summed E-state index contributed by atoms with van der Waals surface area (Å²) in [5.41, 5.74) is 6.28. The maximum absolute atomic E-state index is 11.8. The molecule has 0 saturated carbocycles. The first-order chi connectivity index (χ1) is 11.4. The lowest BCUT2D eigenvalue weighted by Crippen LogP contribution is -2.39. The Balaban J connectivity index is 2.20. The predicted octanol–water partition coefficient (Wildman–Crippen LogP) is 0.901. The van der Waals surface area contributed by atoms with E-state index in [9.17, 15) is 14.4 Å². The lowest BCUT2D eigenvalue weighted by molar-refractivity contribution is -0.119. The van der Waals surface area contributed by atoms with E-state index in [0.29, 0.717) is 10.8 Å². The third kappa shape index (κ3) is 4.56. The van der Waals surface area contributed by atoms with Gasteiger partial charge in [-0.3, -0.25) is 19.5 Å². The van der Waals surface area contributed by atoms with Gasteiger partial charge in [-0.25, -0.2) is 4.79 Å². The van der Waals surface area contributed by atoms with Crippen molar-refractivity contribution in [1.82, 2.24) is 20.1 Å². The summed E-state index contributed by atoms with van der Waals surface area (Å²) in [5.74, 6) is -0.698. The molecular formula is C14H16N6O3S. The van der Waals surface area contributed by atoms with Gasteiger partial charge in [0.2, 0.25) is 11.8 Å². The fourth-order valence-electron chi connectivity index (χ4n) is 1.85. The number of aromatic nitrogens is 3. The number of amides is 4. The van der Waals surface area contributed by atoms with Crippen LogP contribution in [-0.4, -0.2) is 37.9 Å². The molecule has 4 amide bonds. The molecule has 0 aliphatic carbocycles. The molecule has 126 valence electrons. The third-order valence-electron chi connectivity index (χ3n) is 2.86. The first-order valence-electron chi connectivity index (χ1n) is 6.92. The SMILES string of the molecule is CC(=O)Nc1cccc(-n2cnnc2S[C@@H](C)C(=O)NC(N)=O)c1. The van der Waals surface area contributed by atoms with Crippen LogP contribution >= 0.6 is 11.8 Å². The summed E-state index contributed by atoms with van der Waals surface area (Å²) in [4.78, 5) is 33.7. The molecule has 0 fully saturated rings. The van der Waals surface area contributed by atoms with Crippen LogP contribution < -0.4 is 16.4 Å². The van der Waals surface area contributed by atoms with Gasteiger partial charge in [-0.05, 0) is 25.1 Å². The quantitative estimate of drug-likeness (QED) is 0.688. The van der Waals surface area contributed by atoms with E-state index in [-0.39, 0.29) is 5.91 Å². The molecule has 1 aromatic heterocycles. The largest absolute Gasteiger partial charge is 0.351 e. The molecule has 0 unspecified atom stereocenters. The number of imide groups is 1. The lowest BCUT2D eigenvalue weighted by atomic mass is 10.2. The molecule has 0 radical (unpaired) electrons. The number of benzene rings is 1. The van der Waals surface area contributed by atoms with Crippen molar-refractivity contribution >= 4 is 35.3 Å². The first kappa shape index (κ1) is 17.5. The number of nitrogens with zero attached hydrogens (tertiary/aromatic N) is 3. The first-order valence-corrected chi connectivity index (χ1v) is 7.80. The number of hydrogen-bond donors (Lipinski definition) is 3. The Hall–Kier alpha value is -2.88. The molecule has 9 nitrogen and oxygen atoms in total. The van der Waals surface area contributed by atoms with Crippen LogP contribution in [-0.2, 0) is 9.59 Å². The maximum Gasteiger partial charge on any atom is 0.318 e. The van der Waals surface area contributed by atoms with Crippen molar-refractivity contribution in [2.24, 2.45) is 5.73 Å². The van der Waals surface area contributed by atoms with E-state index in [1.165, 1.54) is 13.3 Å². The third-order valence-corrected chi connectivity index (χ3v) is 3.92. The van der Waals surface area contributed by atoms with Crippen LogP contribution in [0.3, 0.4) is 0 Å². The van der Waals surface area contributed by atoms with Crippen LogP contribution in [0.15, 0.2) is 35.7 Å². The van der Waals surface area contributed by atoms with Gasteiger partial charge in [0.1, 0.15) is 6.33 Å². The highest BCUT2D eigenvalue weighted by Gasteiger charge is 2.19. The van der Waals surface area contributed by atoms with Crippen LogP contribution in [0.4, 0.5) is 10.5 Å². The molecule has 10 heteroatoms. The monoisotopic (exact) mass is 348 g/mol. The van der Waals surface area contributed by atoms with E-state index in [0.717, 1.165) is 17.4 Å². The van der Waals surface area contributed by atoms with Gasteiger partial charge in [0.25, 0.3) is 0 Å². The number of nitrogens with two attached hydrogens (primary N) is 1. The van der Waals surface area contributed by atoms with Crippen molar-refractivity contribution in [1.29, 1.82) is 0 Å². The van der Waals surface area contributed by atoms with Gasteiger partial charge in [0.05, 0.1) is 10.9 Å². The van der Waals surface area contributed by atoms with E-state index >= 15 is 0 Å². The van der Waals surface area contributed by atoms with Gasteiger partial charge < -0.3 is 11.1 Å². The van der Waals surface area contributed by atoms with E-state index in [1.54, 1.807) is 29.7 Å². The van der Waals surface area contributed by atoms with Gasteiger partial charge in [-0.2, -0.15) is 0 Å². The molecule has 0 bridgehead atoms. The molecular weight excluding hydrogens is 332 g/mol. The van der Waals surface area contributed by atoms with Crippen LogP contribution in [0.2, 0.25) is 0 Å². The number of urea groups is 1. The van der Waals surface area contributed by atoms with E-state index in [4.69, 9.17) is 5.73 Å². The number of rotatable bonds is 5. The number of anilines is 1. The molecule has 0 aliphatic heterocycles. The minimum atomic E-state index is -0.906. The fraction of sp³-hybridized carbons (Fsp3) is 0.214. The Morgan fingerprint density at radius 2 is 2.08 bits per heavy atom. The molecule has 1 atom stereocenters. The molecule has 1 heterocycles. The van der Waals surface area contributed by atoms with Gasteiger partial charge in [0, 0.05) is 12.6 Å². The highest BCUT2D eigenvalue weighted by Crippen LogP contribution is 2.25. The predicted molar refractivity (Wildman–Crippen MR) is 88.7 cm³/mol. The Kier molecular flexibility index (Phi) is 5.53. The Morgan fingerprint density at radius 1 is 1.33 bits per heavy atom. The zero-order valence-electron chi connectivity index (χ0n) is 13.0. The minimum Gasteiger partial charge on any atom is -0.351 e. The summed E-state index contributed by atoms with van der Waals surface area (Å²) in [7, 11) is 0. The van der Waals surface area contributed by atoms with E-state index < -0.39 is 17.2 Å². The summed E-state index contributed by atoms with van der Waals surface area (Å²) < 4.78 is 1.67. The van der Waals surface area contributed by atoms with Gasteiger partial charge in [-0.15, -0.1) is 10.2 Å². The number of nitrogens with one attached hydrogen (secondary N) is 2. The molecule has 4 N–H and O–H groups in total. The summed E-state index contributed by atoms with van der Waals surface area (Å²) in [6.07, 6.45) is 1.49. The van der Waals surface area contributed by atoms with Gasteiger partial charge in [-0.1, -0.05) is 17.8 Å². The molecule has 2 rings (SSSR count). The lowest BCUT2D eigenvalue weighted by Gasteiger charge is -2.11. The molecule has 1 aromatic carbocycles. The molecule has 0 saturated heterocycles. The zero-order chi connectivity index (χ0) is 17.7. The van der Waals surface area contributed by atoms with Gasteiger partial charge in [0.15, 0.2) is 5.16 Å². The van der Waals surface area contributed by atoms with Crippen molar-refractivity contribution in [3.05, 3.63) is 30.6 Å². The Bertz CT molecular complexity index is 775. The molecule has 0 aliphatic rings. The number of carbonyl (C=O) groups is 3. The van der Waals surface area contributed by atoms with Crippen molar-refractivity contribution in [2.45, 2.75) is 24.3 Å². The second-order valence-corrected chi connectivity index (χ2v) is 6.14. The van der Waals surface area contributed by atoms with Crippen molar-refractivity contribution in [3.8, 4) is 5.69 Å². The zero-order valence-corrected chi connectivity index (χ0v) is 13.8. The van der Waals surface area contributed by atoms with Crippen molar-refractivity contribution in [3.63, 3.8) is 0 Å². The summed E-state index contributed by atoms with van der Waals surface area (Å²) in [5, 5.41) is 12.4. The average molecular weight is 348 g/mol. The summed E-state index contributed by atoms with van der Waals surface area (Å²) >= 11 is 1.12. The van der Waals surface area contributed by atoms with Crippen molar-refractivity contribution < 1.29 is 14.4 Å². The molecule has 2 aromatic rings. The number of carbonyl (C=O) groups excluding carboxylic acids is 3. The highest BCUT2D eigenvalue weighted by molar-refractivity contribution is 8.00. The standard InChI is InChI=1S/C14H16N6O3S/c1-8(12(22)18-13(15)23)24-14-19-16-7-20(14)11-5-3-4-10(6-11)17-9(2)21/h3-8H,1-2H3,(H,17,21)(H3,15,18,22,23)/t8-/m0/s1. The molecule has 24 heavy (non-hydrogen) atoms. The van der Waals surface area contributed by atoms with E-state index in [2.05, 4.69) is 15.5 Å². The topological polar surface area (TPSA) is 132 Å². The van der Waals surface area contributed by atoms with E-state index in [1.807, 2.05) is 11.4 Å². The number of hydrogen-bond acceptors (Lipinski definition) is 6. The number of thioether (sulfide) groups is 1. The highest BCUT2D eigenvalue weighted by atomic mass is 32.2. The average Bonchev–Trinajstić information content (AvgIpc) is 2.94. The van der Waals surface area contributed by atoms with Crippen molar-refractivity contribution in [2.75, 3.05) is 5.32 Å². The minimum absolute atomic E-state index is 0.178. The van der Waals surface area contributed by atoms with Crippen LogP contribution in [0.1, 0.15) is 13.8 Å². The van der Waals surface area contributed by atoms with Crippen LogP contribution in [0.25, 0.3) is 5.69 Å². The fourth-order valence-corrected chi connectivity index (χ4v) is 2.70. The number of primary amides is 1. The maximum atomic E-state index is 11.8. The second kappa shape index (κ2) is 7.59. The summed E-state index contributed by atoms with van der Waals surface area (Å²) in [6.45, 7) is 3.04. The summed E-state index contributed by atoms with van der Waals surface area (Å²) in [6, 6.07) is 6.19. The van der Waals surface area contributed by atoms with Gasteiger partial charge >= 0.3 is 6.03 Å². The second-order valence-electron chi connectivity index (χ2n) is 4.83. The molecule has 0 spiro atoms.